The molecule has 1 aromatic carbocycles. The first-order valence-electron chi connectivity index (χ1n) is 6.78. The monoisotopic (exact) mass is 373 g/mol. The van der Waals surface area contributed by atoms with Crippen molar-refractivity contribution in [3.8, 4) is 0 Å². The van der Waals surface area contributed by atoms with E-state index >= 15 is 0 Å². The summed E-state index contributed by atoms with van der Waals surface area (Å²) in [4.78, 5) is 14.9. The topological polar surface area (TPSA) is 68.0 Å². The van der Waals surface area contributed by atoms with Crippen molar-refractivity contribution in [2.45, 2.75) is 12.7 Å². The lowest BCUT2D eigenvalue weighted by molar-refractivity contribution is -0.137. The number of rotatable bonds is 3. The molecule has 1 N–H and O–H groups in total. The molecule has 130 valence electrons. The molecule has 0 fully saturated rings. The normalized spacial score (nSPS) is 11.9. The lowest BCUT2D eigenvalue weighted by Crippen LogP contribution is -2.07. The Morgan fingerprint density at radius 2 is 2.00 bits per heavy atom. The van der Waals surface area contributed by atoms with Gasteiger partial charge in [-0.2, -0.15) is 18.3 Å². The molecule has 0 spiro atoms. The maximum Gasteiger partial charge on any atom is 0.417 e. The van der Waals surface area contributed by atoms with Gasteiger partial charge in [0.15, 0.2) is 5.69 Å². The van der Waals surface area contributed by atoms with Crippen molar-refractivity contribution in [3.63, 3.8) is 0 Å². The predicted molar refractivity (Wildman–Crippen MR) is 80.0 cm³/mol. The Kier molecular flexibility index (Phi) is 4.11. The highest BCUT2D eigenvalue weighted by Crippen LogP contribution is 2.31. The SMILES string of the molecule is O=C(O)c1nn(Cc2ccc(F)cc2Cl)c2cc(C(F)(F)F)cnc12. The molecule has 0 atom stereocenters. The van der Waals surface area contributed by atoms with Gasteiger partial charge in [-0.3, -0.25) is 9.67 Å². The molecular weight excluding hydrogens is 366 g/mol. The average molecular weight is 374 g/mol. The van der Waals surface area contributed by atoms with Gasteiger partial charge in [0, 0.05) is 11.2 Å². The van der Waals surface area contributed by atoms with E-state index in [0.29, 0.717) is 11.8 Å². The Labute approximate surface area is 142 Å². The second-order valence-corrected chi connectivity index (χ2v) is 5.54. The summed E-state index contributed by atoms with van der Waals surface area (Å²) in [7, 11) is 0. The molecule has 25 heavy (non-hydrogen) atoms. The second-order valence-electron chi connectivity index (χ2n) is 5.14. The van der Waals surface area contributed by atoms with E-state index < -0.39 is 29.2 Å². The molecule has 0 radical (unpaired) electrons. The number of carboxylic acid groups (broad SMARTS) is 1. The largest absolute Gasteiger partial charge is 0.476 e. The van der Waals surface area contributed by atoms with E-state index in [2.05, 4.69) is 10.1 Å². The molecule has 0 saturated heterocycles. The first-order chi connectivity index (χ1) is 11.7. The minimum atomic E-state index is -4.65. The summed E-state index contributed by atoms with van der Waals surface area (Å²) >= 11 is 5.91. The number of benzene rings is 1. The van der Waals surface area contributed by atoms with Crippen LogP contribution < -0.4 is 0 Å². The molecule has 3 rings (SSSR count). The number of pyridine rings is 1. The molecule has 10 heteroatoms. The number of fused-ring (bicyclic) bond motifs is 1. The van der Waals surface area contributed by atoms with E-state index in [1.807, 2.05) is 0 Å². The Hall–Kier alpha value is -2.68. The Morgan fingerprint density at radius 1 is 1.28 bits per heavy atom. The van der Waals surface area contributed by atoms with Crippen LogP contribution in [0.15, 0.2) is 30.5 Å². The third-order valence-corrected chi connectivity index (χ3v) is 3.81. The fourth-order valence-electron chi connectivity index (χ4n) is 2.29. The highest BCUT2D eigenvalue weighted by molar-refractivity contribution is 6.31. The molecule has 2 aromatic heterocycles. The molecule has 0 bridgehead atoms. The van der Waals surface area contributed by atoms with Gasteiger partial charge >= 0.3 is 12.1 Å². The van der Waals surface area contributed by atoms with Crippen LogP contribution in [0.4, 0.5) is 17.6 Å². The van der Waals surface area contributed by atoms with Crippen molar-refractivity contribution in [1.82, 2.24) is 14.8 Å². The highest BCUT2D eigenvalue weighted by Gasteiger charge is 2.32. The van der Waals surface area contributed by atoms with E-state index in [1.54, 1.807) is 0 Å². The smallest absolute Gasteiger partial charge is 0.417 e. The van der Waals surface area contributed by atoms with Gasteiger partial charge in [0.2, 0.25) is 0 Å². The van der Waals surface area contributed by atoms with Crippen molar-refractivity contribution < 1.29 is 27.5 Å². The van der Waals surface area contributed by atoms with Crippen molar-refractivity contribution in [2.75, 3.05) is 0 Å². The number of carbonyl (C=O) groups is 1. The number of aromatic nitrogens is 3. The van der Waals surface area contributed by atoms with Gasteiger partial charge in [-0.05, 0) is 23.8 Å². The van der Waals surface area contributed by atoms with Crippen molar-refractivity contribution in [2.24, 2.45) is 0 Å². The van der Waals surface area contributed by atoms with Gasteiger partial charge < -0.3 is 5.11 Å². The first kappa shape index (κ1) is 17.2. The first-order valence-corrected chi connectivity index (χ1v) is 7.15. The van der Waals surface area contributed by atoms with Gasteiger partial charge in [0.25, 0.3) is 0 Å². The highest BCUT2D eigenvalue weighted by atomic mass is 35.5. The molecular formula is C15H8ClF4N3O2. The molecule has 0 aliphatic rings. The molecule has 3 aromatic rings. The zero-order chi connectivity index (χ0) is 18.4. The average Bonchev–Trinajstić information content (AvgIpc) is 2.87. The van der Waals surface area contributed by atoms with Crippen LogP contribution in [-0.4, -0.2) is 25.8 Å². The zero-order valence-corrected chi connectivity index (χ0v) is 12.9. The maximum absolute atomic E-state index is 13.1. The molecule has 5 nitrogen and oxygen atoms in total. The number of nitrogens with zero attached hydrogens (tertiary/aromatic N) is 3. The van der Waals surface area contributed by atoms with Gasteiger partial charge in [0.1, 0.15) is 11.3 Å². The van der Waals surface area contributed by atoms with Gasteiger partial charge in [0.05, 0.1) is 17.6 Å². The molecule has 2 heterocycles. The van der Waals surface area contributed by atoms with E-state index in [4.69, 9.17) is 16.7 Å². The predicted octanol–water partition coefficient (Wildman–Crippen LogP) is 3.99. The van der Waals surface area contributed by atoms with Crippen LogP contribution in [0.1, 0.15) is 21.6 Å². The van der Waals surface area contributed by atoms with Crippen molar-refractivity contribution in [3.05, 3.63) is 58.1 Å². The van der Waals surface area contributed by atoms with Crippen LogP contribution in [0.2, 0.25) is 5.02 Å². The van der Waals surface area contributed by atoms with Gasteiger partial charge in [-0.25, -0.2) is 9.18 Å². The number of hydrogen-bond donors (Lipinski definition) is 1. The van der Waals surface area contributed by atoms with E-state index in [-0.39, 0.29) is 22.6 Å². The number of hydrogen-bond acceptors (Lipinski definition) is 3. The Morgan fingerprint density at radius 3 is 2.60 bits per heavy atom. The van der Waals surface area contributed by atoms with E-state index in [9.17, 15) is 22.4 Å². The van der Waals surface area contributed by atoms with Crippen LogP contribution in [0, 0.1) is 5.82 Å². The standard InChI is InChI=1S/C15H8ClF4N3O2/c16-10-4-9(17)2-1-7(10)6-23-11-3-8(15(18,19)20)5-21-12(11)13(22-23)14(24)25/h1-5H,6H2,(H,24,25). The van der Waals surface area contributed by atoms with Gasteiger partial charge in [-0.15, -0.1) is 0 Å². The molecule has 0 aliphatic carbocycles. The molecule has 0 aliphatic heterocycles. The van der Waals surface area contributed by atoms with Gasteiger partial charge in [-0.1, -0.05) is 17.7 Å². The molecule has 0 saturated carbocycles. The summed E-state index contributed by atoms with van der Waals surface area (Å²) in [6, 6.07) is 4.27. The van der Waals surface area contributed by atoms with Crippen molar-refractivity contribution >= 4 is 28.6 Å². The summed E-state index contributed by atoms with van der Waals surface area (Å²) in [5.41, 5.74) is -1.46. The fraction of sp³-hybridized carbons (Fsp3) is 0.133. The maximum atomic E-state index is 13.1. The fourth-order valence-corrected chi connectivity index (χ4v) is 2.51. The lowest BCUT2D eigenvalue weighted by atomic mass is 10.2. The number of halogens is 5. The summed E-state index contributed by atoms with van der Waals surface area (Å²) < 4.78 is 52.9. The summed E-state index contributed by atoms with van der Waals surface area (Å²) in [6.07, 6.45) is -4.10. The Balaban J connectivity index is 2.17. The van der Waals surface area contributed by atoms with Crippen LogP contribution in [0.25, 0.3) is 11.0 Å². The third kappa shape index (κ3) is 3.27. The number of aromatic carboxylic acids is 1. The minimum Gasteiger partial charge on any atom is -0.476 e. The van der Waals surface area contributed by atoms with Crippen LogP contribution >= 0.6 is 11.6 Å². The second kappa shape index (κ2) is 5.99. The summed E-state index contributed by atoms with van der Waals surface area (Å²) in [6.45, 7) is -0.147. The third-order valence-electron chi connectivity index (χ3n) is 3.46. The minimum absolute atomic E-state index is 0.0421. The van der Waals surface area contributed by atoms with E-state index in [0.717, 1.165) is 22.9 Å². The van der Waals surface area contributed by atoms with E-state index in [1.165, 1.54) is 6.07 Å². The van der Waals surface area contributed by atoms with Crippen LogP contribution in [0.5, 0.6) is 0 Å². The summed E-state index contributed by atoms with van der Waals surface area (Å²) in [5, 5.41) is 13.0. The lowest BCUT2D eigenvalue weighted by Gasteiger charge is -2.08. The van der Waals surface area contributed by atoms with Crippen LogP contribution in [0.3, 0.4) is 0 Å². The number of alkyl halides is 3. The summed E-state index contributed by atoms with van der Waals surface area (Å²) in [5.74, 6) is -2.01. The van der Waals surface area contributed by atoms with Crippen molar-refractivity contribution in [1.29, 1.82) is 0 Å². The van der Waals surface area contributed by atoms with Crippen LogP contribution in [-0.2, 0) is 12.7 Å². The zero-order valence-electron chi connectivity index (χ0n) is 12.2. The molecule has 0 unspecified atom stereocenters. The Bertz CT molecular complexity index is 985. The molecule has 0 amide bonds. The quantitative estimate of drug-likeness (QED) is 0.705. The number of carboxylic acids is 1.